The van der Waals surface area contributed by atoms with Crippen LogP contribution in [0.1, 0.15) is 10.9 Å². The van der Waals surface area contributed by atoms with E-state index in [0.717, 1.165) is 0 Å². The monoisotopic (exact) mass is 241 g/mol. The van der Waals surface area contributed by atoms with E-state index in [1.807, 2.05) is 10.2 Å². The summed E-state index contributed by atoms with van der Waals surface area (Å²) in [4.78, 5) is 34.1. The van der Waals surface area contributed by atoms with E-state index in [0.29, 0.717) is 9.44 Å². The summed E-state index contributed by atoms with van der Waals surface area (Å²) >= 11 is 1.17. The van der Waals surface area contributed by atoms with Crippen LogP contribution in [0.4, 0.5) is 0 Å². The first-order chi connectivity index (χ1) is 7.61. The fourth-order valence-electron chi connectivity index (χ4n) is 1.36. The molecular formula is C8H7N3O4S. The molecule has 0 spiro atoms. The molecule has 0 amide bonds. The van der Waals surface area contributed by atoms with Gasteiger partial charge in [-0.15, -0.1) is 11.3 Å². The van der Waals surface area contributed by atoms with E-state index < -0.39 is 23.4 Å². The van der Waals surface area contributed by atoms with Crippen molar-refractivity contribution >= 4 is 17.3 Å². The van der Waals surface area contributed by atoms with Gasteiger partial charge in [0.15, 0.2) is 6.04 Å². The van der Waals surface area contributed by atoms with Gasteiger partial charge < -0.3 is 5.11 Å². The molecule has 84 valence electrons. The van der Waals surface area contributed by atoms with Crippen molar-refractivity contribution in [2.45, 2.75) is 6.04 Å². The Balaban J connectivity index is 2.63. The van der Waals surface area contributed by atoms with E-state index in [1.54, 1.807) is 17.5 Å². The highest BCUT2D eigenvalue weighted by Crippen LogP contribution is 2.20. The zero-order chi connectivity index (χ0) is 11.7. The van der Waals surface area contributed by atoms with Gasteiger partial charge in [-0.3, -0.25) is 0 Å². The number of aliphatic carboxylic acids is 1. The maximum Gasteiger partial charge on any atom is 0.345 e. The average molecular weight is 241 g/mol. The third-order valence-corrected chi connectivity index (χ3v) is 2.94. The molecule has 2 aromatic rings. The normalized spacial score (nSPS) is 12.5. The van der Waals surface area contributed by atoms with Crippen LogP contribution >= 0.6 is 11.3 Å². The molecule has 1 unspecified atom stereocenters. The van der Waals surface area contributed by atoms with Gasteiger partial charge in [0.25, 0.3) is 0 Å². The molecule has 7 nitrogen and oxygen atoms in total. The van der Waals surface area contributed by atoms with Crippen LogP contribution in [-0.4, -0.2) is 25.8 Å². The van der Waals surface area contributed by atoms with Crippen LogP contribution in [0.2, 0.25) is 0 Å². The number of aromatic amines is 2. The predicted molar refractivity (Wildman–Crippen MR) is 55.8 cm³/mol. The van der Waals surface area contributed by atoms with E-state index in [2.05, 4.69) is 0 Å². The molecule has 2 rings (SSSR count). The van der Waals surface area contributed by atoms with E-state index >= 15 is 0 Å². The molecule has 2 heterocycles. The standard InChI is InChI=1S/C8H7N3O4S/c12-6(13)5(4-2-1-3-16-4)11-7(14)9-10-8(11)15/h1-3,5H,(H,9,14)(H,10,15)(H,12,13). The summed E-state index contributed by atoms with van der Waals surface area (Å²) in [5, 5.41) is 14.8. The topological polar surface area (TPSA) is 108 Å². The lowest BCUT2D eigenvalue weighted by Crippen LogP contribution is -2.35. The molecule has 3 N–H and O–H groups in total. The second-order valence-electron chi connectivity index (χ2n) is 2.99. The van der Waals surface area contributed by atoms with Crippen molar-refractivity contribution in [2.75, 3.05) is 0 Å². The largest absolute Gasteiger partial charge is 0.479 e. The number of thiophene rings is 1. The molecule has 0 saturated heterocycles. The van der Waals surface area contributed by atoms with Crippen LogP contribution < -0.4 is 11.4 Å². The number of rotatable bonds is 3. The number of carboxylic acids is 1. The molecule has 0 bridgehead atoms. The van der Waals surface area contributed by atoms with Crippen LogP contribution in [0, 0.1) is 0 Å². The molecule has 16 heavy (non-hydrogen) atoms. The summed E-state index contributed by atoms with van der Waals surface area (Å²) < 4.78 is 0.633. The molecule has 1 atom stereocenters. The first kappa shape index (κ1) is 10.4. The zero-order valence-corrected chi connectivity index (χ0v) is 8.65. The number of nitrogens with one attached hydrogen (secondary N) is 2. The van der Waals surface area contributed by atoms with E-state index in [1.165, 1.54) is 11.3 Å². The van der Waals surface area contributed by atoms with Crippen LogP contribution in [0.15, 0.2) is 27.1 Å². The number of aromatic nitrogens is 3. The number of hydrogen-bond acceptors (Lipinski definition) is 4. The lowest BCUT2D eigenvalue weighted by atomic mass is 10.2. The molecule has 8 heteroatoms. The molecule has 0 aliphatic heterocycles. The van der Waals surface area contributed by atoms with Crippen LogP contribution in [0.3, 0.4) is 0 Å². The summed E-state index contributed by atoms with van der Waals surface area (Å²) in [5.74, 6) is -1.25. The zero-order valence-electron chi connectivity index (χ0n) is 7.84. The van der Waals surface area contributed by atoms with Gasteiger partial charge in [0.1, 0.15) is 0 Å². The van der Waals surface area contributed by atoms with Gasteiger partial charge in [-0.2, -0.15) is 0 Å². The van der Waals surface area contributed by atoms with Gasteiger partial charge in [0, 0.05) is 4.88 Å². The number of nitrogens with zero attached hydrogens (tertiary/aromatic N) is 1. The Labute approximate surface area is 92.0 Å². The Kier molecular flexibility index (Phi) is 2.49. The van der Waals surface area contributed by atoms with Gasteiger partial charge in [0.05, 0.1) is 0 Å². The summed E-state index contributed by atoms with van der Waals surface area (Å²) in [6.45, 7) is 0. The quantitative estimate of drug-likeness (QED) is 0.679. The van der Waals surface area contributed by atoms with Crippen molar-refractivity contribution < 1.29 is 9.90 Å². The Hall–Kier alpha value is -2.09. The first-order valence-electron chi connectivity index (χ1n) is 4.26. The fourth-order valence-corrected chi connectivity index (χ4v) is 2.17. The smallest absolute Gasteiger partial charge is 0.345 e. The van der Waals surface area contributed by atoms with Gasteiger partial charge in [-0.1, -0.05) is 6.07 Å². The van der Waals surface area contributed by atoms with Gasteiger partial charge >= 0.3 is 17.3 Å². The number of hydrogen-bond donors (Lipinski definition) is 3. The second kappa shape index (κ2) is 3.81. The van der Waals surface area contributed by atoms with Crippen LogP contribution in [-0.2, 0) is 4.79 Å². The van der Waals surface area contributed by atoms with E-state index in [4.69, 9.17) is 5.11 Å². The second-order valence-corrected chi connectivity index (χ2v) is 3.97. The highest BCUT2D eigenvalue weighted by molar-refractivity contribution is 7.10. The molecule has 0 fully saturated rings. The SMILES string of the molecule is O=C(O)C(c1cccs1)n1c(=O)[nH][nH]c1=O. The molecule has 0 aliphatic rings. The number of carbonyl (C=O) groups is 1. The summed E-state index contributed by atoms with van der Waals surface area (Å²) in [5.41, 5.74) is -1.54. The molecule has 2 aromatic heterocycles. The third-order valence-electron chi connectivity index (χ3n) is 2.02. The Bertz CT molecular complexity index is 578. The maximum absolute atomic E-state index is 11.3. The lowest BCUT2D eigenvalue weighted by Gasteiger charge is -2.08. The van der Waals surface area contributed by atoms with Gasteiger partial charge in [0.2, 0.25) is 0 Å². The molecule has 0 radical (unpaired) electrons. The van der Waals surface area contributed by atoms with Crippen LogP contribution in [0.25, 0.3) is 0 Å². The van der Waals surface area contributed by atoms with Crippen molar-refractivity contribution in [2.24, 2.45) is 0 Å². The van der Waals surface area contributed by atoms with Gasteiger partial charge in [-0.25, -0.2) is 29.1 Å². The van der Waals surface area contributed by atoms with Crippen LogP contribution in [0.5, 0.6) is 0 Å². The van der Waals surface area contributed by atoms with Crippen molar-refractivity contribution in [1.82, 2.24) is 14.8 Å². The Morgan fingerprint density at radius 3 is 2.44 bits per heavy atom. The summed E-state index contributed by atoms with van der Waals surface area (Å²) in [6.07, 6.45) is 0. The number of H-pyrrole nitrogens is 2. The third kappa shape index (κ3) is 1.58. The molecular weight excluding hydrogens is 234 g/mol. The average Bonchev–Trinajstić information content (AvgIpc) is 2.82. The maximum atomic E-state index is 11.3. The Morgan fingerprint density at radius 1 is 1.38 bits per heavy atom. The highest BCUT2D eigenvalue weighted by atomic mass is 32.1. The molecule has 0 saturated carbocycles. The van der Waals surface area contributed by atoms with E-state index in [-0.39, 0.29) is 0 Å². The van der Waals surface area contributed by atoms with Crippen molar-refractivity contribution in [1.29, 1.82) is 0 Å². The minimum absolute atomic E-state index is 0.416. The fraction of sp³-hybridized carbons (Fsp3) is 0.125. The molecule has 0 aliphatic carbocycles. The highest BCUT2D eigenvalue weighted by Gasteiger charge is 2.26. The Morgan fingerprint density at radius 2 is 2.00 bits per heavy atom. The summed E-state index contributed by atoms with van der Waals surface area (Å²) in [7, 11) is 0. The van der Waals surface area contributed by atoms with Gasteiger partial charge in [-0.05, 0) is 11.4 Å². The lowest BCUT2D eigenvalue weighted by molar-refractivity contribution is -0.139. The predicted octanol–water partition coefficient (Wildman–Crippen LogP) is -0.400. The van der Waals surface area contributed by atoms with Crippen molar-refractivity contribution in [3.63, 3.8) is 0 Å². The van der Waals surface area contributed by atoms with E-state index in [9.17, 15) is 14.4 Å². The van der Waals surface area contributed by atoms with Crippen molar-refractivity contribution in [3.8, 4) is 0 Å². The first-order valence-corrected chi connectivity index (χ1v) is 5.14. The summed E-state index contributed by atoms with van der Waals surface area (Å²) in [6, 6.07) is 1.92. The minimum Gasteiger partial charge on any atom is -0.479 e. The van der Waals surface area contributed by atoms with Crippen molar-refractivity contribution in [3.05, 3.63) is 43.4 Å². The molecule has 0 aromatic carbocycles. The minimum atomic E-state index is -1.29. The number of carboxylic acid groups (broad SMARTS) is 1.